The Kier molecular flexibility index (Phi) is 7.65. The number of thiophene rings is 1. The van der Waals surface area contributed by atoms with Crippen LogP contribution in [0.15, 0.2) is 50.7 Å². The molecule has 13 heteroatoms. The Labute approximate surface area is 260 Å². The molecule has 43 heavy (non-hydrogen) atoms. The van der Waals surface area contributed by atoms with Crippen molar-refractivity contribution in [3.63, 3.8) is 0 Å². The average molecular weight is 645 g/mol. The van der Waals surface area contributed by atoms with Gasteiger partial charge in [-0.2, -0.15) is 0 Å². The Morgan fingerprint density at radius 1 is 1.30 bits per heavy atom. The minimum absolute atomic E-state index is 0.131. The van der Waals surface area contributed by atoms with Crippen LogP contribution in [-0.4, -0.2) is 47.2 Å². The van der Waals surface area contributed by atoms with Crippen molar-refractivity contribution < 1.29 is 19.4 Å². The zero-order valence-electron chi connectivity index (χ0n) is 23.9. The van der Waals surface area contributed by atoms with Crippen LogP contribution in [0, 0.1) is 12.8 Å². The van der Waals surface area contributed by atoms with Crippen molar-refractivity contribution in [2.24, 2.45) is 11.7 Å². The van der Waals surface area contributed by atoms with Crippen LogP contribution in [0.4, 0.5) is 0 Å². The highest BCUT2D eigenvalue weighted by Crippen LogP contribution is 2.52. The van der Waals surface area contributed by atoms with Crippen LogP contribution in [0.2, 0.25) is 5.02 Å². The van der Waals surface area contributed by atoms with Gasteiger partial charge in [-0.3, -0.25) is 9.36 Å². The molecule has 228 valence electrons. The van der Waals surface area contributed by atoms with Crippen LogP contribution in [-0.2, 0) is 16.9 Å². The largest absolute Gasteiger partial charge is 0.480 e. The third-order valence-corrected chi connectivity index (χ3v) is 12.1. The molecule has 2 unspecified atom stereocenters. The summed E-state index contributed by atoms with van der Waals surface area (Å²) < 4.78 is 7.88. The van der Waals surface area contributed by atoms with Gasteiger partial charge in [0.2, 0.25) is 5.89 Å². The molecule has 0 aliphatic heterocycles. The third-order valence-electron chi connectivity index (χ3n) is 9.02. The molecule has 2 aliphatic carbocycles. The summed E-state index contributed by atoms with van der Waals surface area (Å²) in [6, 6.07) is 7.46. The van der Waals surface area contributed by atoms with Crippen molar-refractivity contribution in [2.45, 2.75) is 80.7 Å². The van der Waals surface area contributed by atoms with Crippen molar-refractivity contribution in [1.82, 2.24) is 14.1 Å². The molecule has 2 fully saturated rings. The fourth-order valence-corrected chi connectivity index (χ4v) is 10.1. The first kappa shape index (κ1) is 30.1. The zero-order valence-corrected chi connectivity index (χ0v) is 26.3. The van der Waals surface area contributed by atoms with Gasteiger partial charge in [0.25, 0.3) is 5.56 Å². The Balaban J connectivity index is 1.52. The second-order valence-corrected chi connectivity index (χ2v) is 15.1. The van der Waals surface area contributed by atoms with E-state index < -0.39 is 28.3 Å². The minimum atomic E-state index is -1.82. The molecular weight excluding hydrogens is 612 g/mol. The van der Waals surface area contributed by atoms with Gasteiger partial charge in [-0.25, -0.2) is 19.1 Å². The van der Waals surface area contributed by atoms with Crippen LogP contribution < -0.4 is 17.0 Å². The number of aromatic nitrogens is 3. The van der Waals surface area contributed by atoms with E-state index in [0.717, 1.165) is 23.0 Å². The first-order chi connectivity index (χ1) is 20.3. The molecule has 0 bridgehead atoms. The second kappa shape index (κ2) is 10.9. The molecule has 0 amide bonds. The van der Waals surface area contributed by atoms with E-state index in [-0.39, 0.29) is 34.5 Å². The topological polar surface area (TPSA) is 154 Å². The number of carboxylic acids is 1. The highest BCUT2D eigenvalue weighted by Gasteiger charge is 2.51. The molecule has 10 nitrogen and oxygen atoms in total. The molecule has 5 atom stereocenters. The van der Waals surface area contributed by atoms with Crippen LogP contribution >= 0.6 is 34.7 Å². The number of aliphatic hydroxyl groups is 1. The van der Waals surface area contributed by atoms with Gasteiger partial charge in [-0.1, -0.05) is 29.8 Å². The average Bonchev–Trinajstić information content (AvgIpc) is 3.68. The minimum Gasteiger partial charge on any atom is -0.480 e. The summed E-state index contributed by atoms with van der Waals surface area (Å²) >= 11 is 9.63. The monoisotopic (exact) mass is 644 g/mol. The van der Waals surface area contributed by atoms with Crippen molar-refractivity contribution >= 4 is 50.9 Å². The van der Waals surface area contributed by atoms with Gasteiger partial charge in [0.15, 0.2) is 0 Å². The number of nitrogens with two attached hydrogens (primary N) is 1. The van der Waals surface area contributed by atoms with Gasteiger partial charge in [0.1, 0.15) is 16.6 Å². The number of rotatable bonds is 8. The van der Waals surface area contributed by atoms with E-state index in [1.807, 2.05) is 18.2 Å². The quantitative estimate of drug-likeness (QED) is 0.246. The van der Waals surface area contributed by atoms with E-state index >= 15 is 0 Å². The van der Waals surface area contributed by atoms with Gasteiger partial charge >= 0.3 is 11.7 Å². The number of aryl methyl sites for hydroxylation is 1. The summed E-state index contributed by atoms with van der Waals surface area (Å²) in [4.78, 5) is 45.7. The molecule has 0 spiro atoms. The molecule has 1 aromatic carbocycles. The van der Waals surface area contributed by atoms with Crippen molar-refractivity contribution in [1.29, 1.82) is 0 Å². The maximum atomic E-state index is 14.2. The SMILES string of the molecule is Cc1c(-c2ncco2)sc2c1c(=O)n(C(C)(C)C(=O)O)c(=O)n2CC(S[C@H]1CC2C[C@@H](O)C[C@@]2(N)C1)c1ccccc1Cl. The lowest BCUT2D eigenvalue weighted by Gasteiger charge is -2.27. The highest BCUT2D eigenvalue weighted by molar-refractivity contribution is 8.00. The molecule has 0 saturated heterocycles. The molecule has 3 heterocycles. The van der Waals surface area contributed by atoms with Gasteiger partial charge in [0.05, 0.1) is 22.6 Å². The smallest absolute Gasteiger partial charge is 0.333 e. The maximum absolute atomic E-state index is 14.2. The summed E-state index contributed by atoms with van der Waals surface area (Å²) in [6.45, 7) is 4.57. The van der Waals surface area contributed by atoms with Crippen LogP contribution in [0.25, 0.3) is 21.0 Å². The predicted molar refractivity (Wildman–Crippen MR) is 168 cm³/mol. The molecule has 4 aromatic rings. The molecule has 6 rings (SSSR count). The first-order valence-electron chi connectivity index (χ1n) is 14.1. The number of fused-ring (bicyclic) bond motifs is 2. The summed E-state index contributed by atoms with van der Waals surface area (Å²) in [5, 5.41) is 20.9. The normalized spacial score (nSPS) is 24.5. The molecule has 4 N–H and O–H groups in total. The highest BCUT2D eigenvalue weighted by atomic mass is 35.5. The first-order valence-corrected chi connectivity index (χ1v) is 16.2. The number of oxazole rings is 1. The van der Waals surface area contributed by atoms with Crippen molar-refractivity contribution in [3.05, 3.63) is 73.7 Å². The van der Waals surface area contributed by atoms with Gasteiger partial charge < -0.3 is 20.4 Å². The summed E-state index contributed by atoms with van der Waals surface area (Å²) in [5.74, 6) is -0.780. The van der Waals surface area contributed by atoms with E-state index in [4.69, 9.17) is 21.8 Å². The van der Waals surface area contributed by atoms with E-state index in [2.05, 4.69) is 4.98 Å². The molecule has 2 aliphatic rings. The number of thioether (sulfide) groups is 1. The fraction of sp³-hybridized carbons (Fsp3) is 0.467. The number of nitrogens with zero attached hydrogens (tertiary/aromatic N) is 3. The van der Waals surface area contributed by atoms with E-state index in [1.165, 1.54) is 42.2 Å². The lowest BCUT2D eigenvalue weighted by molar-refractivity contribution is -0.146. The molecular formula is C30H33ClN4O6S2. The Bertz CT molecular complexity index is 1830. The van der Waals surface area contributed by atoms with E-state index in [0.29, 0.717) is 39.0 Å². The van der Waals surface area contributed by atoms with Gasteiger partial charge in [0, 0.05) is 27.6 Å². The van der Waals surface area contributed by atoms with Crippen molar-refractivity contribution in [2.75, 3.05) is 0 Å². The molecule has 2 saturated carbocycles. The third kappa shape index (κ3) is 5.06. The number of benzene rings is 1. The number of halogens is 1. The number of hydrogen-bond acceptors (Lipinski definition) is 9. The van der Waals surface area contributed by atoms with E-state index in [1.54, 1.807) is 24.8 Å². The fourth-order valence-electron chi connectivity index (χ4n) is 6.75. The zero-order chi connectivity index (χ0) is 30.8. The summed E-state index contributed by atoms with van der Waals surface area (Å²) in [6.07, 6.45) is 5.36. The summed E-state index contributed by atoms with van der Waals surface area (Å²) in [7, 11) is 0. The number of aliphatic hydroxyl groups excluding tert-OH is 1. The number of carboxylic acid groups (broad SMARTS) is 1. The molecule has 3 aromatic heterocycles. The van der Waals surface area contributed by atoms with Crippen molar-refractivity contribution in [3.8, 4) is 10.8 Å². The lowest BCUT2D eigenvalue weighted by Crippen LogP contribution is -2.52. The van der Waals surface area contributed by atoms with Gasteiger partial charge in [-0.05, 0) is 69.6 Å². The predicted octanol–water partition coefficient (Wildman–Crippen LogP) is 4.77. The standard InChI is InChI=1S/C30H33ClN4O6S2/c1-15-22-25(37)35(29(2,3)27(38)39)28(40)34(26(22)43-23(15)24-33-8-9-41-24)14-21(19-6-4-5-7-20(19)31)42-18-11-16-10-17(36)12-30(16,32)13-18/h4-9,16-18,21,36H,10-14,32H2,1-3H3,(H,38,39)/t16?,17-,18+,21?,30-/m1/s1. The number of aliphatic carboxylic acids is 1. The lowest BCUT2D eigenvalue weighted by atomic mass is 9.92. The Hall–Kier alpha value is -2.90. The van der Waals surface area contributed by atoms with Gasteiger partial charge in [-0.15, -0.1) is 23.1 Å². The van der Waals surface area contributed by atoms with Crippen LogP contribution in [0.5, 0.6) is 0 Å². The Morgan fingerprint density at radius 3 is 2.70 bits per heavy atom. The number of carbonyl (C=O) groups is 1. The van der Waals surface area contributed by atoms with Crippen LogP contribution in [0.3, 0.4) is 0 Å². The maximum Gasteiger partial charge on any atom is 0.333 e. The summed E-state index contributed by atoms with van der Waals surface area (Å²) in [5.41, 5.74) is 4.51. The molecule has 0 radical (unpaired) electrons. The second-order valence-electron chi connectivity index (χ2n) is 12.2. The van der Waals surface area contributed by atoms with E-state index in [9.17, 15) is 24.6 Å². The van der Waals surface area contributed by atoms with Crippen LogP contribution in [0.1, 0.15) is 55.9 Å². The number of hydrogen-bond donors (Lipinski definition) is 3. The Morgan fingerprint density at radius 2 is 2.05 bits per heavy atom.